The van der Waals surface area contributed by atoms with E-state index in [4.69, 9.17) is 5.26 Å². The molecule has 22 heavy (non-hydrogen) atoms. The Kier molecular flexibility index (Phi) is 6.06. The van der Waals surface area contributed by atoms with E-state index in [1.165, 1.54) is 18.7 Å². The van der Waals surface area contributed by atoms with Crippen LogP contribution in [0, 0.1) is 17.1 Å². The SMILES string of the molecule is CCCN(CC#N)C(=O)c1cc(S(=O)(=O)C(C)C)ccc1F. The molecule has 0 heterocycles. The fourth-order valence-corrected chi connectivity index (χ4v) is 2.98. The van der Waals surface area contributed by atoms with Crippen LogP contribution in [0.4, 0.5) is 4.39 Å². The lowest BCUT2D eigenvalue weighted by atomic mass is 10.2. The zero-order chi connectivity index (χ0) is 16.9. The molecular weight excluding hydrogens is 307 g/mol. The highest BCUT2D eigenvalue weighted by Crippen LogP contribution is 2.20. The number of halogens is 1. The second-order valence-electron chi connectivity index (χ2n) is 5.12. The Balaban J connectivity index is 3.30. The number of hydrogen-bond donors (Lipinski definition) is 0. The van der Waals surface area contributed by atoms with Gasteiger partial charge in [-0.1, -0.05) is 6.92 Å². The molecule has 0 fully saturated rings. The maximum Gasteiger partial charge on any atom is 0.257 e. The highest BCUT2D eigenvalue weighted by atomic mass is 32.2. The van der Waals surface area contributed by atoms with Crippen molar-refractivity contribution in [1.82, 2.24) is 4.90 Å². The van der Waals surface area contributed by atoms with Crippen LogP contribution in [0.25, 0.3) is 0 Å². The summed E-state index contributed by atoms with van der Waals surface area (Å²) >= 11 is 0. The molecule has 0 radical (unpaired) electrons. The molecule has 1 amide bonds. The van der Waals surface area contributed by atoms with E-state index in [1.807, 2.05) is 13.0 Å². The summed E-state index contributed by atoms with van der Waals surface area (Å²) in [4.78, 5) is 13.4. The summed E-state index contributed by atoms with van der Waals surface area (Å²) in [6.45, 7) is 4.98. The molecule has 0 aliphatic carbocycles. The molecule has 5 nitrogen and oxygen atoms in total. The minimum atomic E-state index is -3.60. The van der Waals surface area contributed by atoms with Crippen LogP contribution in [-0.4, -0.2) is 37.6 Å². The van der Waals surface area contributed by atoms with Crippen molar-refractivity contribution in [2.24, 2.45) is 0 Å². The monoisotopic (exact) mass is 326 g/mol. The first-order chi connectivity index (χ1) is 10.3. The normalized spacial score (nSPS) is 11.3. The van der Waals surface area contributed by atoms with Crippen molar-refractivity contribution in [3.8, 4) is 6.07 Å². The number of hydrogen-bond acceptors (Lipinski definition) is 4. The molecule has 0 aromatic heterocycles. The molecule has 0 saturated heterocycles. The molecule has 0 aliphatic heterocycles. The summed E-state index contributed by atoms with van der Waals surface area (Å²) in [7, 11) is -3.60. The van der Waals surface area contributed by atoms with Crippen LogP contribution in [0.15, 0.2) is 23.1 Å². The van der Waals surface area contributed by atoms with Gasteiger partial charge in [0.1, 0.15) is 12.4 Å². The first-order valence-corrected chi connectivity index (χ1v) is 8.50. The Morgan fingerprint density at radius 1 is 1.41 bits per heavy atom. The van der Waals surface area contributed by atoms with Gasteiger partial charge in [0.2, 0.25) is 0 Å². The smallest absolute Gasteiger partial charge is 0.257 e. The summed E-state index contributed by atoms with van der Waals surface area (Å²) in [5.74, 6) is -1.48. The third-order valence-electron chi connectivity index (χ3n) is 3.16. The summed E-state index contributed by atoms with van der Waals surface area (Å²) in [6, 6.07) is 5.02. The van der Waals surface area contributed by atoms with E-state index in [-0.39, 0.29) is 17.0 Å². The van der Waals surface area contributed by atoms with Gasteiger partial charge in [-0.25, -0.2) is 12.8 Å². The third-order valence-corrected chi connectivity index (χ3v) is 5.31. The Bertz CT molecular complexity index is 693. The van der Waals surface area contributed by atoms with Crippen LogP contribution in [0.3, 0.4) is 0 Å². The molecule has 0 saturated carbocycles. The van der Waals surface area contributed by atoms with Crippen molar-refractivity contribution in [2.45, 2.75) is 37.3 Å². The van der Waals surface area contributed by atoms with E-state index in [0.717, 1.165) is 18.2 Å². The molecule has 0 atom stereocenters. The number of nitriles is 1. The van der Waals surface area contributed by atoms with Crippen molar-refractivity contribution in [3.63, 3.8) is 0 Å². The molecule has 0 N–H and O–H groups in total. The van der Waals surface area contributed by atoms with Crippen LogP contribution >= 0.6 is 0 Å². The fraction of sp³-hybridized carbons (Fsp3) is 0.467. The fourth-order valence-electron chi connectivity index (χ4n) is 1.90. The van der Waals surface area contributed by atoms with Crippen LogP contribution in [0.1, 0.15) is 37.6 Å². The maximum absolute atomic E-state index is 13.9. The molecule has 0 bridgehead atoms. The highest BCUT2D eigenvalue weighted by molar-refractivity contribution is 7.92. The molecule has 1 rings (SSSR count). The van der Waals surface area contributed by atoms with Gasteiger partial charge in [0.25, 0.3) is 5.91 Å². The lowest BCUT2D eigenvalue weighted by Crippen LogP contribution is -2.33. The van der Waals surface area contributed by atoms with Gasteiger partial charge in [0, 0.05) is 6.54 Å². The van der Waals surface area contributed by atoms with Gasteiger partial charge in [-0.3, -0.25) is 4.79 Å². The third kappa shape index (κ3) is 3.83. The number of carbonyl (C=O) groups excluding carboxylic acids is 1. The quantitative estimate of drug-likeness (QED) is 0.594. The maximum atomic E-state index is 13.9. The van der Waals surface area contributed by atoms with Gasteiger partial charge in [-0.15, -0.1) is 0 Å². The summed E-state index contributed by atoms with van der Waals surface area (Å²) in [5, 5.41) is 8.08. The number of carbonyl (C=O) groups is 1. The Hall–Kier alpha value is -1.94. The summed E-state index contributed by atoms with van der Waals surface area (Å²) in [6.07, 6.45) is 0.610. The average molecular weight is 326 g/mol. The van der Waals surface area contributed by atoms with Gasteiger partial charge >= 0.3 is 0 Å². The van der Waals surface area contributed by atoms with E-state index in [1.54, 1.807) is 0 Å². The zero-order valence-electron chi connectivity index (χ0n) is 12.8. The predicted octanol–water partition coefficient (Wildman–Crippen LogP) is 2.38. The van der Waals surface area contributed by atoms with E-state index in [9.17, 15) is 17.6 Å². The highest BCUT2D eigenvalue weighted by Gasteiger charge is 2.24. The standard InChI is InChI=1S/C15H19FN2O3S/c1-4-8-18(9-7-17)15(19)13-10-12(5-6-14(13)16)22(20,21)11(2)3/h5-6,10-11H,4,8-9H2,1-3H3. The molecule has 0 aliphatic rings. The number of sulfone groups is 1. The summed E-state index contributed by atoms with van der Waals surface area (Å²) in [5.41, 5.74) is -0.328. The second-order valence-corrected chi connectivity index (χ2v) is 7.62. The van der Waals surface area contributed by atoms with Crippen LogP contribution in [0.2, 0.25) is 0 Å². The van der Waals surface area contributed by atoms with Crippen LogP contribution in [0.5, 0.6) is 0 Å². The topological polar surface area (TPSA) is 78.2 Å². The van der Waals surface area contributed by atoms with E-state index >= 15 is 0 Å². The van der Waals surface area contributed by atoms with Crippen LogP contribution in [-0.2, 0) is 9.84 Å². The van der Waals surface area contributed by atoms with E-state index in [0.29, 0.717) is 13.0 Å². The van der Waals surface area contributed by atoms with Crippen molar-refractivity contribution >= 4 is 15.7 Å². The molecule has 0 spiro atoms. The molecule has 1 aromatic carbocycles. The van der Waals surface area contributed by atoms with Crippen molar-refractivity contribution in [1.29, 1.82) is 5.26 Å². The zero-order valence-corrected chi connectivity index (χ0v) is 13.7. The first kappa shape index (κ1) is 18.1. The van der Waals surface area contributed by atoms with Gasteiger partial charge < -0.3 is 4.90 Å². The second kappa shape index (κ2) is 7.36. The minimum absolute atomic E-state index is 0.0966. The van der Waals surface area contributed by atoms with Crippen molar-refractivity contribution < 1.29 is 17.6 Å². The summed E-state index contributed by atoms with van der Waals surface area (Å²) < 4.78 is 38.2. The Labute approximate surface area is 130 Å². The molecule has 1 aromatic rings. The number of amides is 1. The van der Waals surface area contributed by atoms with E-state index < -0.39 is 26.8 Å². The number of benzene rings is 1. The van der Waals surface area contributed by atoms with Gasteiger partial charge in [0.05, 0.1) is 21.8 Å². The van der Waals surface area contributed by atoms with E-state index in [2.05, 4.69) is 0 Å². The molecule has 7 heteroatoms. The Morgan fingerprint density at radius 2 is 2.05 bits per heavy atom. The number of nitrogens with zero attached hydrogens (tertiary/aromatic N) is 2. The lowest BCUT2D eigenvalue weighted by molar-refractivity contribution is 0.0771. The predicted molar refractivity (Wildman–Crippen MR) is 80.5 cm³/mol. The molecule has 0 unspecified atom stereocenters. The van der Waals surface area contributed by atoms with Crippen molar-refractivity contribution in [3.05, 3.63) is 29.6 Å². The van der Waals surface area contributed by atoms with Crippen molar-refractivity contribution in [2.75, 3.05) is 13.1 Å². The minimum Gasteiger partial charge on any atom is -0.325 e. The molecular formula is C15H19FN2O3S. The van der Waals surface area contributed by atoms with Gasteiger partial charge in [-0.2, -0.15) is 5.26 Å². The number of rotatable bonds is 6. The Morgan fingerprint density at radius 3 is 2.55 bits per heavy atom. The molecule has 120 valence electrons. The first-order valence-electron chi connectivity index (χ1n) is 6.95. The van der Waals surface area contributed by atoms with Crippen LogP contribution < -0.4 is 0 Å². The average Bonchev–Trinajstić information content (AvgIpc) is 2.46. The lowest BCUT2D eigenvalue weighted by Gasteiger charge is -2.19. The van der Waals surface area contributed by atoms with Gasteiger partial charge in [-0.05, 0) is 38.5 Å². The van der Waals surface area contributed by atoms with Gasteiger partial charge in [0.15, 0.2) is 9.84 Å². The largest absolute Gasteiger partial charge is 0.325 e.